The number of carbonyl (C=O) groups excluding carboxylic acids is 2. The van der Waals surface area contributed by atoms with E-state index in [0.29, 0.717) is 24.3 Å². The molecule has 4 rings (SSSR count). The first kappa shape index (κ1) is 21.0. The largest absolute Gasteiger partial charge is 0.493 e. The molecule has 0 bridgehead atoms. The van der Waals surface area contributed by atoms with Crippen LogP contribution >= 0.6 is 11.8 Å². The smallest absolute Gasteiger partial charge is 0.255 e. The summed E-state index contributed by atoms with van der Waals surface area (Å²) >= 11 is 1.75. The molecule has 1 aliphatic rings. The van der Waals surface area contributed by atoms with Gasteiger partial charge in [-0.1, -0.05) is 18.2 Å². The number of hydrogen-bond acceptors (Lipinski definition) is 4. The number of rotatable bonds is 8. The van der Waals surface area contributed by atoms with E-state index in [2.05, 4.69) is 17.4 Å². The lowest BCUT2D eigenvalue weighted by atomic mass is 10.2. The highest BCUT2D eigenvalue weighted by molar-refractivity contribution is 7.99. The zero-order valence-corrected chi connectivity index (χ0v) is 17.9. The molecule has 2 amide bonds. The van der Waals surface area contributed by atoms with Gasteiger partial charge in [0.15, 0.2) is 0 Å². The summed E-state index contributed by atoms with van der Waals surface area (Å²) < 4.78 is 5.77. The zero-order chi connectivity index (χ0) is 21.5. The maximum absolute atomic E-state index is 12.5. The van der Waals surface area contributed by atoms with Crippen LogP contribution in [-0.4, -0.2) is 30.7 Å². The van der Waals surface area contributed by atoms with E-state index in [9.17, 15) is 9.59 Å². The van der Waals surface area contributed by atoms with Gasteiger partial charge in [-0.2, -0.15) is 0 Å². The molecule has 0 spiro atoms. The Labute approximate surface area is 186 Å². The van der Waals surface area contributed by atoms with Crippen molar-refractivity contribution in [1.82, 2.24) is 0 Å². The summed E-state index contributed by atoms with van der Waals surface area (Å²) in [5.74, 6) is 1.56. The van der Waals surface area contributed by atoms with Crippen molar-refractivity contribution in [3.05, 3.63) is 84.4 Å². The molecule has 0 atom stereocenters. The van der Waals surface area contributed by atoms with E-state index >= 15 is 0 Å². The third-order valence-electron chi connectivity index (χ3n) is 4.99. The maximum Gasteiger partial charge on any atom is 0.255 e. The van der Waals surface area contributed by atoms with Crippen LogP contribution in [0, 0.1) is 0 Å². The summed E-state index contributed by atoms with van der Waals surface area (Å²) in [6, 6.07) is 24.7. The van der Waals surface area contributed by atoms with Crippen molar-refractivity contribution in [3.63, 3.8) is 0 Å². The second-order valence-electron chi connectivity index (χ2n) is 7.18. The predicted octanol–water partition coefficient (Wildman–Crippen LogP) is 5.24. The van der Waals surface area contributed by atoms with Crippen LogP contribution in [0.1, 0.15) is 23.2 Å². The number of hydrogen-bond donors (Lipinski definition) is 1. The molecular weight excluding hydrogens is 408 g/mol. The van der Waals surface area contributed by atoms with Crippen LogP contribution in [0.2, 0.25) is 0 Å². The fourth-order valence-electron chi connectivity index (χ4n) is 3.39. The Morgan fingerprint density at radius 3 is 2.39 bits per heavy atom. The molecule has 1 saturated heterocycles. The van der Waals surface area contributed by atoms with Gasteiger partial charge in [-0.3, -0.25) is 9.59 Å². The molecule has 3 aromatic rings. The van der Waals surface area contributed by atoms with Crippen molar-refractivity contribution in [3.8, 4) is 5.75 Å². The summed E-state index contributed by atoms with van der Waals surface area (Å²) in [4.78, 5) is 27.4. The molecule has 1 N–H and O–H groups in total. The molecule has 5 nitrogen and oxygen atoms in total. The quantitative estimate of drug-likeness (QED) is 0.391. The van der Waals surface area contributed by atoms with Crippen LogP contribution in [0.25, 0.3) is 0 Å². The summed E-state index contributed by atoms with van der Waals surface area (Å²) in [6.45, 7) is 1.35. The number of benzene rings is 3. The third-order valence-corrected chi connectivity index (χ3v) is 5.97. The number of nitrogens with one attached hydrogen (secondary N) is 1. The molecule has 1 heterocycles. The van der Waals surface area contributed by atoms with Crippen molar-refractivity contribution in [2.75, 3.05) is 29.1 Å². The Morgan fingerprint density at radius 2 is 1.71 bits per heavy atom. The lowest BCUT2D eigenvalue weighted by Gasteiger charge is -2.16. The number of thioether (sulfide) groups is 1. The number of anilines is 2. The predicted molar refractivity (Wildman–Crippen MR) is 125 cm³/mol. The first-order chi connectivity index (χ1) is 15.2. The molecule has 31 heavy (non-hydrogen) atoms. The van der Waals surface area contributed by atoms with Gasteiger partial charge in [0.05, 0.1) is 6.61 Å². The van der Waals surface area contributed by atoms with E-state index in [1.807, 2.05) is 54.6 Å². The topological polar surface area (TPSA) is 58.6 Å². The lowest BCUT2D eigenvalue weighted by Crippen LogP contribution is -2.23. The molecule has 3 aromatic carbocycles. The van der Waals surface area contributed by atoms with Gasteiger partial charge in [0.1, 0.15) is 5.75 Å². The van der Waals surface area contributed by atoms with E-state index in [-0.39, 0.29) is 11.8 Å². The van der Waals surface area contributed by atoms with Crippen LogP contribution in [0.4, 0.5) is 11.4 Å². The number of ether oxygens (including phenoxy) is 1. The van der Waals surface area contributed by atoms with E-state index in [4.69, 9.17) is 4.74 Å². The van der Waals surface area contributed by atoms with Crippen molar-refractivity contribution in [2.24, 2.45) is 0 Å². The Kier molecular flexibility index (Phi) is 6.89. The van der Waals surface area contributed by atoms with Crippen LogP contribution < -0.4 is 15.0 Å². The second kappa shape index (κ2) is 10.2. The van der Waals surface area contributed by atoms with Crippen LogP contribution in [-0.2, 0) is 4.79 Å². The van der Waals surface area contributed by atoms with Crippen molar-refractivity contribution in [2.45, 2.75) is 17.7 Å². The lowest BCUT2D eigenvalue weighted by molar-refractivity contribution is -0.117. The van der Waals surface area contributed by atoms with Gasteiger partial charge >= 0.3 is 0 Å². The maximum atomic E-state index is 12.5. The first-order valence-electron chi connectivity index (χ1n) is 10.3. The summed E-state index contributed by atoms with van der Waals surface area (Å²) in [7, 11) is 0. The molecule has 1 aliphatic heterocycles. The minimum Gasteiger partial charge on any atom is -0.493 e. The van der Waals surface area contributed by atoms with Gasteiger partial charge in [-0.15, -0.1) is 11.8 Å². The Hall–Kier alpha value is -3.25. The van der Waals surface area contributed by atoms with E-state index in [1.54, 1.807) is 28.8 Å². The van der Waals surface area contributed by atoms with Crippen molar-refractivity contribution < 1.29 is 14.3 Å². The summed E-state index contributed by atoms with van der Waals surface area (Å²) in [5, 5.41) is 2.89. The fourth-order valence-corrected chi connectivity index (χ4v) is 4.14. The van der Waals surface area contributed by atoms with Gasteiger partial charge in [-0.05, 0) is 67.1 Å². The van der Waals surface area contributed by atoms with Gasteiger partial charge < -0.3 is 15.0 Å². The van der Waals surface area contributed by atoms with E-state index < -0.39 is 0 Å². The molecule has 0 aromatic heterocycles. The first-order valence-corrected chi connectivity index (χ1v) is 11.3. The highest BCUT2D eigenvalue weighted by Crippen LogP contribution is 2.23. The molecule has 0 unspecified atom stereocenters. The van der Waals surface area contributed by atoms with Gasteiger partial charge in [0, 0.05) is 40.6 Å². The average Bonchev–Trinajstić information content (AvgIpc) is 3.24. The van der Waals surface area contributed by atoms with Crippen LogP contribution in [0.15, 0.2) is 83.8 Å². The Balaban J connectivity index is 1.25. The molecule has 158 valence electrons. The van der Waals surface area contributed by atoms with E-state index in [0.717, 1.165) is 30.2 Å². The zero-order valence-electron chi connectivity index (χ0n) is 17.1. The average molecular weight is 433 g/mol. The molecule has 0 aliphatic carbocycles. The Morgan fingerprint density at radius 1 is 0.968 bits per heavy atom. The summed E-state index contributed by atoms with van der Waals surface area (Å²) in [6.07, 6.45) is 1.49. The van der Waals surface area contributed by atoms with Crippen molar-refractivity contribution in [1.29, 1.82) is 0 Å². The normalized spacial score (nSPS) is 13.3. The second-order valence-corrected chi connectivity index (χ2v) is 8.35. The van der Waals surface area contributed by atoms with Crippen molar-refractivity contribution >= 4 is 35.0 Å². The molecule has 6 heteroatoms. The molecule has 0 radical (unpaired) electrons. The monoisotopic (exact) mass is 432 g/mol. The standard InChI is InChI=1S/C25H24N2O3S/c28-24-7-4-16-27(24)21-12-10-20(11-13-21)26-25(29)19-8-14-22(15-9-19)30-17-18-31-23-5-2-1-3-6-23/h1-3,5-6,8-15H,4,7,16-18H2,(H,26,29). The van der Waals surface area contributed by atoms with Gasteiger partial charge in [0.2, 0.25) is 5.91 Å². The minimum atomic E-state index is -0.184. The highest BCUT2D eigenvalue weighted by Gasteiger charge is 2.21. The third kappa shape index (κ3) is 5.67. The highest BCUT2D eigenvalue weighted by atomic mass is 32.2. The minimum absolute atomic E-state index is 0.151. The Bertz CT molecular complexity index is 1020. The number of nitrogens with zero attached hydrogens (tertiary/aromatic N) is 1. The molecule has 0 saturated carbocycles. The fraction of sp³-hybridized carbons (Fsp3) is 0.200. The summed E-state index contributed by atoms with van der Waals surface area (Å²) in [5.41, 5.74) is 2.12. The SMILES string of the molecule is O=C(Nc1ccc(N2CCCC2=O)cc1)c1ccc(OCCSc2ccccc2)cc1. The molecular formula is C25H24N2O3S. The number of carbonyl (C=O) groups is 2. The van der Waals surface area contributed by atoms with Gasteiger partial charge in [0.25, 0.3) is 5.91 Å². The number of amides is 2. The van der Waals surface area contributed by atoms with Gasteiger partial charge in [-0.25, -0.2) is 0 Å². The van der Waals surface area contributed by atoms with Crippen LogP contribution in [0.5, 0.6) is 5.75 Å². The molecule has 1 fully saturated rings. The van der Waals surface area contributed by atoms with Crippen LogP contribution in [0.3, 0.4) is 0 Å². The van der Waals surface area contributed by atoms with E-state index in [1.165, 1.54) is 4.90 Å².